The summed E-state index contributed by atoms with van der Waals surface area (Å²) < 4.78 is 5.61. The summed E-state index contributed by atoms with van der Waals surface area (Å²) in [6.07, 6.45) is 6.22. The number of nitrogens with one attached hydrogen (secondary N) is 1. The molecule has 3 heterocycles. The Kier molecular flexibility index (Phi) is 5.07. The lowest BCUT2D eigenvalue weighted by Crippen LogP contribution is -2.44. The average molecular weight is 353 g/mol. The van der Waals surface area contributed by atoms with Gasteiger partial charge in [0.15, 0.2) is 0 Å². The molecule has 1 N–H and O–H groups in total. The predicted octanol–water partition coefficient (Wildman–Crippen LogP) is 3.05. The molecule has 0 spiro atoms. The standard InChI is InChI=1S/C21H27N3O2/c1-15-6-7-19-18(12-15)20(8-9-22-19)24-10-2-4-16(14-24)21(25)23-13-17-5-3-11-26-17/h6-9,12,16-17H,2-5,10-11,13-14H2,1H3,(H,23,25). The van der Waals surface area contributed by atoms with Crippen molar-refractivity contribution in [1.29, 1.82) is 0 Å². The van der Waals surface area contributed by atoms with E-state index in [1.165, 1.54) is 16.6 Å². The third kappa shape index (κ3) is 3.68. The van der Waals surface area contributed by atoms with Crippen LogP contribution in [-0.4, -0.2) is 43.2 Å². The van der Waals surface area contributed by atoms with Gasteiger partial charge in [0.25, 0.3) is 0 Å². The van der Waals surface area contributed by atoms with Crippen LogP contribution in [0.3, 0.4) is 0 Å². The van der Waals surface area contributed by atoms with Crippen molar-refractivity contribution in [1.82, 2.24) is 10.3 Å². The molecule has 2 aliphatic heterocycles. The predicted molar refractivity (Wildman–Crippen MR) is 103 cm³/mol. The normalized spacial score (nSPS) is 23.3. The second kappa shape index (κ2) is 7.62. The molecule has 2 saturated heterocycles. The van der Waals surface area contributed by atoms with Crippen molar-refractivity contribution >= 4 is 22.5 Å². The Morgan fingerprint density at radius 1 is 1.31 bits per heavy atom. The number of fused-ring (bicyclic) bond motifs is 1. The van der Waals surface area contributed by atoms with Gasteiger partial charge in [-0.15, -0.1) is 0 Å². The van der Waals surface area contributed by atoms with Crippen LogP contribution in [0, 0.1) is 12.8 Å². The van der Waals surface area contributed by atoms with Gasteiger partial charge in [0.1, 0.15) is 0 Å². The summed E-state index contributed by atoms with van der Waals surface area (Å²) in [4.78, 5) is 19.5. The van der Waals surface area contributed by atoms with Crippen LogP contribution in [0.5, 0.6) is 0 Å². The van der Waals surface area contributed by atoms with E-state index >= 15 is 0 Å². The van der Waals surface area contributed by atoms with Gasteiger partial charge in [0, 0.05) is 43.5 Å². The van der Waals surface area contributed by atoms with E-state index in [0.29, 0.717) is 6.54 Å². The van der Waals surface area contributed by atoms with E-state index in [4.69, 9.17) is 4.74 Å². The van der Waals surface area contributed by atoms with Crippen LogP contribution in [-0.2, 0) is 9.53 Å². The zero-order valence-electron chi connectivity index (χ0n) is 15.4. The lowest BCUT2D eigenvalue weighted by molar-refractivity contribution is -0.125. The number of hydrogen-bond acceptors (Lipinski definition) is 4. The number of aromatic nitrogens is 1. The molecule has 5 heteroatoms. The highest BCUT2D eigenvalue weighted by atomic mass is 16.5. The Hall–Kier alpha value is -2.14. The summed E-state index contributed by atoms with van der Waals surface area (Å²) >= 11 is 0. The van der Waals surface area contributed by atoms with Gasteiger partial charge in [0.2, 0.25) is 5.91 Å². The van der Waals surface area contributed by atoms with Gasteiger partial charge in [-0.25, -0.2) is 0 Å². The number of anilines is 1. The van der Waals surface area contributed by atoms with Crippen LogP contribution in [0.25, 0.3) is 10.9 Å². The summed E-state index contributed by atoms with van der Waals surface area (Å²) in [5, 5.41) is 4.28. The third-order valence-electron chi connectivity index (χ3n) is 5.53. The highest BCUT2D eigenvalue weighted by Crippen LogP contribution is 2.30. The molecule has 4 rings (SSSR count). The Bertz CT molecular complexity index is 786. The number of carbonyl (C=O) groups is 1. The second-order valence-corrected chi connectivity index (χ2v) is 7.52. The maximum absolute atomic E-state index is 12.6. The monoisotopic (exact) mass is 353 g/mol. The van der Waals surface area contributed by atoms with Gasteiger partial charge in [-0.2, -0.15) is 0 Å². The molecule has 2 unspecified atom stereocenters. The first-order chi connectivity index (χ1) is 12.7. The Morgan fingerprint density at radius 3 is 3.08 bits per heavy atom. The number of amides is 1. The summed E-state index contributed by atoms with van der Waals surface area (Å²) in [6.45, 7) is 5.33. The van der Waals surface area contributed by atoms with Crippen LogP contribution < -0.4 is 10.2 Å². The molecule has 138 valence electrons. The molecular weight excluding hydrogens is 326 g/mol. The minimum atomic E-state index is 0.0400. The van der Waals surface area contributed by atoms with Gasteiger partial charge in [-0.1, -0.05) is 11.6 Å². The van der Waals surface area contributed by atoms with Crippen LogP contribution in [0.15, 0.2) is 30.5 Å². The molecule has 0 saturated carbocycles. The zero-order chi connectivity index (χ0) is 17.9. The van der Waals surface area contributed by atoms with E-state index < -0.39 is 0 Å². The van der Waals surface area contributed by atoms with Gasteiger partial charge in [-0.3, -0.25) is 9.78 Å². The molecule has 0 aliphatic carbocycles. The molecule has 2 aromatic rings. The number of hydrogen-bond donors (Lipinski definition) is 1. The smallest absolute Gasteiger partial charge is 0.224 e. The van der Waals surface area contributed by atoms with Crippen LogP contribution >= 0.6 is 0 Å². The maximum atomic E-state index is 12.6. The number of pyridine rings is 1. The summed E-state index contributed by atoms with van der Waals surface area (Å²) in [5.74, 6) is 0.206. The van der Waals surface area contributed by atoms with Gasteiger partial charge in [-0.05, 0) is 50.8 Å². The van der Waals surface area contributed by atoms with Gasteiger partial charge < -0.3 is 15.0 Å². The molecular formula is C21H27N3O2. The van der Waals surface area contributed by atoms with Crippen LogP contribution in [0.1, 0.15) is 31.2 Å². The topological polar surface area (TPSA) is 54.5 Å². The number of nitrogens with zero attached hydrogens (tertiary/aromatic N) is 2. The summed E-state index contributed by atoms with van der Waals surface area (Å²) in [5.41, 5.74) is 3.43. The van der Waals surface area contributed by atoms with E-state index in [-0.39, 0.29) is 17.9 Å². The van der Waals surface area contributed by atoms with Gasteiger partial charge in [0.05, 0.1) is 17.5 Å². The van der Waals surface area contributed by atoms with Crippen LogP contribution in [0.4, 0.5) is 5.69 Å². The first-order valence-corrected chi connectivity index (χ1v) is 9.70. The molecule has 2 atom stereocenters. The Morgan fingerprint density at radius 2 is 2.23 bits per heavy atom. The first-order valence-electron chi connectivity index (χ1n) is 9.70. The first kappa shape index (κ1) is 17.3. The van der Waals surface area contributed by atoms with Crippen molar-refractivity contribution in [3.05, 3.63) is 36.0 Å². The molecule has 0 bridgehead atoms. The maximum Gasteiger partial charge on any atom is 0.224 e. The fraction of sp³-hybridized carbons (Fsp3) is 0.524. The number of benzene rings is 1. The number of rotatable bonds is 4. The molecule has 26 heavy (non-hydrogen) atoms. The van der Waals surface area contributed by atoms with Crippen molar-refractivity contribution in [2.24, 2.45) is 5.92 Å². The van der Waals surface area contributed by atoms with E-state index in [0.717, 1.165) is 50.9 Å². The molecule has 1 aromatic heterocycles. The largest absolute Gasteiger partial charge is 0.376 e. The highest BCUT2D eigenvalue weighted by Gasteiger charge is 2.27. The van der Waals surface area contributed by atoms with Crippen LogP contribution in [0.2, 0.25) is 0 Å². The summed E-state index contributed by atoms with van der Waals surface area (Å²) in [7, 11) is 0. The Balaban J connectivity index is 1.46. The molecule has 5 nitrogen and oxygen atoms in total. The van der Waals surface area contributed by atoms with E-state index in [9.17, 15) is 4.79 Å². The lowest BCUT2D eigenvalue weighted by atomic mass is 9.96. The van der Waals surface area contributed by atoms with Crippen molar-refractivity contribution in [2.75, 3.05) is 31.1 Å². The Labute approximate surface area is 154 Å². The van der Waals surface area contributed by atoms with E-state index in [1.54, 1.807) is 0 Å². The lowest BCUT2D eigenvalue weighted by Gasteiger charge is -2.34. The molecule has 2 aliphatic rings. The zero-order valence-corrected chi connectivity index (χ0v) is 15.4. The van der Waals surface area contributed by atoms with Crippen molar-refractivity contribution < 1.29 is 9.53 Å². The second-order valence-electron chi connectivity index (χ2n) is 7.52. The number of carbonyl (C=O) groups excluding carboxylic acids is 1. The minimum Gasteiger partial charge on any atom is -0.376 e. The SMILES string of the molecule is Cc1ccc2nccc(N3CCCC(C(=O)NCC4CCCO4)C3)c2c1. The van der Waals surface area contributed by atoms with E-state index in [2.05, 4.69) is 46.4 Å². The highest BCUT2D eigenvalue weighted by molar-refractivity contribution is 5.92. The molecule has 1 aromatic carbocycles. The molecule has 1 amide bonds. The molecule has 2 fully saturated rings. The average Bonchev–Trinajstić information content (AvgIpc) is 3.19. The third-order valence-corrected chi connectivity index (χ3v) is 5.53. The fourth-order valence-corrected chi connectivity index (χ4v) is 4.10. The quantitative estimate of drug-likeness (QED) is 0.918. The van der Waals surface area contributed by atoms with E-state index in [1.807, 2.05) is 6.20 Å². The number of ether oxygens (including phenoxy) is 1. The fourth-order valence-electron chi connectivity index (χ4n) is 4.10. The van der Waals surface area contributed by atoms with Crippen molar-refractivity contribution in [2.45, 2.75) is 38.7 Å². The minimum absolute atomic E-state index is 0.0400. The number of piperidine rings is 1. The summed E-state index contributed by atoms with van der Waals surface area (Å²) in [6, 6.07) is 8.44. The molecule has 0 radical (unpaired) electrons. The van der Waals surface area contributed by atoms with Crippen molar-refractivity contribution in [3.8, 4) is 0 Å². The van der Waals surface area contributed by atoms with Gasteiger partial charge >= 0.3 is 0 Å². The number of aryl methyl sites for hydroxylation is 1. The van der Waals surface area contributed by atoms with Crippen molar-refractivity contribution in [3.63, 3.8) is 0 Å².